The molecule has 2 aromatic carbocycles. The zero-order chi connectivity index (χ0) is 21.0. The van der Waals surface area contributed by atoms with Crippen molar-refractivity contribution in [1.29, 1.82) is 0 Å². The molecule has 29 heavy (non-hydrogen) atoms. The number of ether oxygens (including phenoxy) is 1. The van der Waals surface area contributed by atoms with Gasteiger partial charge in [-0.3, -0.25) is 9.52 Å². The minimum Gasteiger partial charge on any atom is -0.482 e. The number of hydrogen-bond donors (Lipinski definition) is 1. The minimum absolute atomic E-state index is 0.0146. The Morgan fingerprint density at radius 3 is 2.38 bits per heavy atom. The van der Waals surface area contributed by atoms with Gasteiger partial charge in [-0.2, -0.15) is 0 Å². The Hall–Kier alpha value is -2.29. The van der Waals surface area contributed by atoms with Crippen LogP contribution in [-0.2, 0) is 14.8 Å². The molecular weight excluding hydrogens is 414 g/mol. The summed E-state index contributed by atoms with van der Waals surface area (Å²) in [6.07, 6.45) is 0. The summed E-state index contributed by atoms with van der Waals surface area (Å²) in [5.74, 6) is 0.148. The Kier molecular flexibility index (Phi) is 6.66. The molecule has 1 saturated heterocycles. The van der Waals surface area contributed by atoms with Crippen LogP contribution < -0.4 is 9.46 Å². The minimum atomic E-state index is -3.79. The van der Waals surface area contributed by atoms with E-state index in [9.17, 15) is 13.2 Å². The van der Waals surface area contributed by atoms with Gasteiger partial charge in [0.05, 0.1) is 9.92 Å². The van der Waals surface area contributed by atoms with Crippen molar-refractivity contribution in [3.8, 4) is 5.75 Å². The molecule has 0 aromatic heterocycles. The van der Waals surface area contributed by atoms with E-state index in [1.165, 1.54) is 18.2 Å². The van der Waals surface area contributed by atoms with Crippen molar-refractivity contribution >= 4 is 33.2 Å². The SMILES string of the molecule is Cc1ccc(NS(=O)(=O)c2ccc(OCC(=O)N3CCN(C)CC3)c(Cl)c2)cc1. The van der Waals surface area contributed by atoms with Gasteiger partial charge in [0.15, 0.2) is 6.61 Å². The Balaban J connectivity index is 1.63. The third-order valence-electron chi connectivity index (χ3n) is 4.72. The first-order chi connectivity index (χ1) is 13.7. The van der Waals surface area contributed by atoms with E-state index in [0.717, 1.165) is 18.7 Å². The van der Waals surface area contributed by atoms with Crippen LogP contribution in [0.5, 0.6) is 5.75 Å². The number of carbonyl (C=O) groups is 1. The van der Waals surface area contributed by atoms with Gasteiger partial charge in [-0.1, -0.05) is 29.3 Å². The smallest absolute Gasteiger partial charge is 0.261 e. The predicted molar refractivity (Wildman–Crippen MR) is 113 cm³/mol. The summed E-state index contributed by atoms with van der Waals surface area (Å²) >= 11 is 6.20. The number of benzene rings is 2. The Morgan fingerprint density at radius 2 is 1.76 bits per heavy atom. The summed E-state index contributed by atoms with van der Waals surface area (Å²) < 4.78 is 33.2. The predicted octanol–water partition coefficient (Wildman–Crippen LogP) is 2.60. The second-order valence-corrected chi connectivity index (χ2v) is 9.13. The van der Waals surface area contributed by atoms with Gasteiger partial charge in [0.2, 0.25) is 0 Å². The Bertz CT molecular complexity index is 972. The lowest BCUT2D eigenvalue weighted by Crippen LogP contribution is -2.48. The number of anilines is 1. The summed E-state index contributed by atoms with van der Waals surface area (Å²) in [6.45, 7) is 4.76. The highest BCUT2D eigenvalue weighted by Gasteiger charge is 2.20. The largest absolute Gasteiger partial charge is 0.482 e. The number of carbonyl (C=O) groups excluding carboxylic acids is 1. The van der Waals surface area contributed by atoms with Crippen LogP contribution in [0.3, 0.4) is 0 Å². The fourth-order valence-corrected chi connectivity index (χ4v) is 4.27. The molecule has 0 bridgehead atoms. The summed E-state index contributed by atoms with van der Waals surface area (Å²) in [5, 5.41) is 0.128. The molecule has 0 unspecified atom stereocenters. The number of aryl methyl sites for hydroxylation is 1. The van der Waals surface area contributed by atoms with E-state index in [1.807, 2.05) is 26.1 Å². The summed E-state index contributed by atoms with van der Waals surface area (Å²) in [6, 6.07) is 11.2. The average molecular weight is 438 g/mol. The van der Waals surface area contributed by atoms with E-state index in [0.29, 0.717) is 18.8 Å². The van der Waals surface area contributed by atoms with Gasteiger partial charge in [-0.25, -0.2) is 8.42 Å². The lowest BCUT2D eigenvalue weighted by atomic mass is 10.2. The molecule has 0 saturated carbocycles. The van der Waals surface area contributed by atoms with E-state index >= 15 is 0 Å². The van der Waals surface area contributed by atoms with Crippen LogP contribution in [0.25, 0.3) is 0 Å². The molecule has 3 rings (SSSR count). The van der Waals surface area contributed by atoms with Crippen molar-refractivity contribution in [2.45, 2.75) is 11.8 Å². The van der Waals surface area contributed by atoms with Crippen LogP contribution in [0, 0.1) is 6.92 Å². The molecule has 1 aliphatic rings. The number of nitrogens with zero attached hydrogens (tertiary/aromatic N) is 2. The van der Waals surface area contributed by atoms with Gasteiger partial charge in [-0.05, 0) is 44.3 Å². The van der Waals surface area contributed by atoms with Crippen LogP contribution in [0.4, 0.5) is 5.69 Å². The average Bonchev–Trinajstić information content (AvgIpc) is 2.69. The van der Waals surface area contributed by atoms with Gasteiger partial charge < -0.3 is 14.5 Å². The van der Waals surface area contributed by atoms with E-state index in [-0.39, 0.29) is 28.2 Å². The molecule has 0 atom stereocenters. The molecule has 1 N–H and O–H groups in total. The molecule has 0 spiro atoms. The van der Waals surface area contributed by atoms with Crippen LogP contribution in [0.1, 0.15) is 5.56 Å². The molecule has 156 valence electrons. The monoisotopic (exact) mass is 437 g/mol. The van der Waals surface area contributed by atoms with E-state index < -0.39 is 10.0 Å². The van der Waals surface area contributed by atoms with Gasteiger partial charge in [0, 0.05) is 31.9 Å². The molecule has 1 fully saturated rings. The van der Waals surface area contributed by atoms with Crippen molar-refractivity contribution < 1.29 is 17.9 Å². The molecular formula is C20H24ClN3O4S. The second kappa shape index (κ2) is 9.02. The number of hydrogen-bond acceptors (Lipinski definition) is 5. The number of halogens is 1. The normalized spacial score (nSPS) is 15.2. The molecule has 0 aliphatic carbocycles. The highest BCUT2D eigenvalue weighted by Crippen LogP contribution is 2.28. The number of amides is 1. The second-order valence-electron chi connectivity index (χ2n) is 7.04. The van der Waals surface area contributed by atoms with Crippen molar-refractivity contribution in [2.75, 3.05) is 44.6 Å². The first kappa shape index (κ1) is 21.4. The van der Waals surface area contributed by atoms with Gasteiger partial charge >= 0.3 is 0 Å². The van der Waals surface area contributed by atoms with E-state index in [2.05, 4.69) is 9.62 Å². The number of likely N-dealkylation sites (N-methyl/N-ethyl adjacent to an activating group) is 1. The Labute approximate surface area is 176 Å². The first-order valence-electron chi connectivity index (χ1n) is 9.23. The van der Waals surface area contributed by atoms with Crippen molar-refractivity contribution in [1.82, 2.24) is 9.80 Å². The molecule has 1 aliphatic heterocycles. The zero-order valence-corrected chi connectivity index (χ0v) is 18.0. The van der Waals surface area contributed by atoms with Crippen LogP contribution in [0.2, 0.25) is 5.02 Å². The van der Waals surface area contributed by atoms with E-state index in [1.54, 1.807) is 17.0 Å². The molecule has 7 nitrogen and oxygen atoms in total. The quantitative estimate of drug-likeness (QED) is 0.751. The van der Waals surface area contributed by atoms with Crippen LogP contribution >= 0.6 is 11.6 Å². The van der Waals surface area contributed by atoms with Crippen molar-refractivity contribution in [3.05, 3.63) is 53.1 Å². The molecule has 9 heteroatoms. The first-order valence-corrected chi connectivity index (χ1v) is 11.1. The maximum atomic E-state index is 12.6. The standard InChI is InChI=1S/C20H24ClN3O4S/c1-15-3-5-16(6-4-15)22-29(26,27)17-7-8-19(18(21)13-17)28-14-20(25)24-11-9-23(2)10-12-24/h3-8,13,22H,9-12,14H2,1-2H3. The molecule has 1 heterocycles. The molecule has 0 radical (unpaired) electrons. The fraction of sp³-hybridized carbons (Fsp3) is 0.350. The lowest BCUT2D eigenvalue weighted by Gasteiger charge is -2.32. The highest BCUT2D eigenvalue weighted by molar-refractivity contribution is 7.92. The number of rotatable bonds is 6. The zero-order valence-electron chi connectivity index (χ0n) is 16.4. The number of nitrogens with one attached hydrogen (secondary N) is 1. The maximum absolute atomic E-state index is 12.6. The Morgan fingerprint density at radius 1 is 1.10 bits per heavy atom. The van der Waals surface area contributed by atoms with Gasteiger partial charge in [0.25, 0.3) is 15.9 Å². The van der Waals surface area contributed by atoms with Gasteiger partial charge in [0.1, 0.15) is 5.75 Å². The van der Waals surface area contributed by atoms with Gasteiger partial charge in [-0.15, -0.1) is 0 Å². The lowest BCUT2D eigenvalue weighted by molar-refractivity contribution is -0.134. The third-order valence-corrected chi connectivity index (χ3v) is 6.40. The van der Waals surface area contributed by atoms with E-state index in [4.69, 9.17) is 16.3 Å². The highest BCUT2D eigenvalue weighted by atomic mass is 35.5. The number of sulfonamides is 1. The maximum Gasteiger partial charge on any atom is 0.261 e. The van der Waals surface area contributed by atoms with Crippen LogP contribution in [-0.4, -0.2) is 64.0 Å². The van der Waals surface area contributed by atoms with Crippen LogP contribution in [0.15, 0.2) is 47.4 Å². The molecule has 1 amide bonds. The summed E-state index contributed by atoms with van der Waals surface area (Å²) in [7, 11) is -1.77. The number of piperazine rings is 1. The fourth-order valence-electron chi connectivity index (χ4n) is 2.89. The topological polar surface area (TPSA) is 78.9 Å². The van der Waals surface area contributed by atoms with Crippen molar-refractivity contribution in [3.63, 3.8) is 0 Å². The third kappa shape index (κ3) is 5.62. The summed E-state index contributed by atoms with van der Waals surface area (Å²) in [5.41, 5.74) is 1.49. The van der Waals surface area contributed by atoms with Crippen molar-refractivity contribution in [2.24, 2.45) is 0 Å². The summed E-state index contributed by atoms with van der Waals surface area (Å²) in [4.78, 5) is 16.2. The molecule has 2 aromatic rings.